The number of aromatic nitrogens is 1. The highest BCUT2D eigenvalue weighted by molar-refractivity contribution is 5.70. The highest BCUT2D eigenvalue weighted by atomic mass is 16.5. The topological polar surface area (TPSA) is 71.6 Å². The van der Waals surface area contributed by atoms with Crippen molar-refractivity contribution in [2.24, 2.45) is 0 Å². The number of nitrogens with zero attached hydrogens (tertiary/aromatic N) is 2. The molecular weight excluding hydrogens is 326 g/mol. The van der Waals surface area contributed by atoms with Crippen molar-refractivity contribution in [2.45, 2.75) is 45.2 Å². The SMILES string of the molecule is CCc1cc(-c2cccc(N)n2)c(OC)cc1CN1CCCCC1CO. The summed E-state index contributed by atoms with van der Waals surface area (Å²) in [6.07, 6.45) is 4.40. The number of anilines is 1. The third kappa shape index (κ3) is 4.00. The van der Waals surface area contributed by atoms with E-state index in [1.165, 1.54) is 24.0 Å². The number of rotatable bonds is 6. The molecule has 1 saturated heterocycles. The van der Waals surface area contributed by atoms with Gasteiger partial charge in [-0.2, -0.15) is 0 Å². The van der Waals surface area contributed by atoms with Crippen molar-refractivity contribution < 1.29 is 9.84 Å². The van der Waals surface area contributed by atoms with Gasteiger partial charge in [0.15, 0.2) is 0 Å². The monoisotopic (exact) mass is 355 g/mol. The number of nitrogens with two attached hydrogens (primary N) is 1. The summed E-state index contributed by atoms with van der Waals surface area (Å²) >= 11 is 0. The number of nitrogen functional groups attached to an aromatic ring is 1. The van der Waals surface area contributed by atoms with Crippen LogP contribution in [0.25, 0.3) is 11.3 Å². The maximum Gasteiger partial charge on any atom is 0.128 e. The summed E-state index contributed by atoms with van der Waals surface area (Å²) in [4.78, 5) is 6.85. The zero-order valence-corrected chi connectivity index (χ0v) is 15.7. The third-order valence-electron chi connectivity index (χ3n) is 5.28. The van der Waals surface area contributed by atoms with Gasteiger partial charge in [0, 0.05) is 18.2 Å². The first kappa shape index (κ1) is 18.7. The van der Waals surface area contributed by atoms with Crippen LogP contribution in [0.15, 0.2) is 30.3 Å². The van der Waals surface area contributed by atoms with E-state index in [-0.39, 0.29) is 12.6 Å². The zero-order chi connectivity index (χ0) is 18.5. The largest absolute Gasteiger partial charge is 0.496 e. The van der Waals surface area contributed by atoms with Crippen LogP contribution in [0.4, 0.5) is 5.82 Å². The molecule has 0 spiro atoms. The minimum Gasteiger partial charge on any atom is -0.496 e. The molecule has 1 fully saturated rings. The van der Waals surface area contributed by atoms with E-state index in [9.17, 15) is 5.11 Å². The summed E-state index contributed by atoms with van der Waals surface area (Å²) < 4.78 is 5.67. The number of piperidine rings is 1. The van der Waals surface area contributed by atoms with E-state index < -0.39 is 0 Å². The molecule has 1 aromatic carbocycles. The van der Waals surface area contributed by atoms with Gasteiger partial charge >= 0.3 is 0 Å². The third-order valence-corrected chi connectivity index (χ3v) is 5.28. The molecule has 3 rings (SSSR count). The molecule has 5 nitrogen and oxygen atoms in total. The minimum atomic E-state index is 0.226. The number of aliphatic hydroxyl groups excluding tert-OH is 1. The van der Waals surface area contributed by atoms with Gasteiger partial charge in [0.2, 0.25) is 0 Å². The van der Waals surface area contributed by atoms with Gasteiger partial charge in [0.25, 0.3) is 0 Å². The molecular formula is C21H29N3O2. The van der Waals surface area contributed by atoms with Gasteiger partial charge in [-0.05, 0) is 61.2 Å². The van der Waals surface area contributed by atoms with Crippen LogP contribution in [0, 0.1) is 0 Å². The lowest BCUT2D eigenvalue weighted by molar-refractivity contribution is 0.0838. The first-order valence-electron chi connectivity index (χ1n) is 9.43. The van der Waals surface area contributed by atoms with Crippen molar-refractivity contribution in [1.29, 1.82) is 0 Å². The van der Waals surface area contributed by atoms with E-state index in [4.69, 9.17) is 10.5 Å². The molecule has 0 amide bonds. The highest BCUT2D eigenvalue weighted by Crippen LogP contribution is 2.33. The molecule has 1 aliphatic rings. The summed E-state index contributed by atoms with van der Waals surface area (Å²) in [6.45, 7) is 4.27. The smallest absolute Gasteiger partial charge is 0.128 e. The summed E-state index contributed by atoms with van der Waals surface area (Å²) in [7, 11) is 1.69. The Morgan fingerprint density at radius 1 is 1.27 bits per heavy atom. The number of likely N-dealkylation sites (tertiary alicyclic amines) is 1. The minimum absolute atomic E-state index is 0.226. The molecule has 1 unspecified atom stereocenters. The molecule has 0 radical (unpaired) electrons. The molecule has 26 heavy (non-hydrogen) atoms. The molecule has 0 aliphatic carbocycles. The predicted molar refractivity (Wildman–Crippen MR) is 105 cm³/mol. The van der Waals surface area contributed by atoms with Crippen LogP contribution in [0.2, 0.25) is 0 Å². The lowest BCUT2D eigenvalue weighted by Crippen LogP contribution is -2.41. The maximum atomic E-state index is 9.70. The molecule has 1 atom stereocenters. The van der Waals surface area contributed by atoms with Crippen molar-refractivity contribution in [3.8, 4) is 17.0 Å². The first-order chi connectivity index (χ1) is 12.7. The Morgan fingerprint density at radius 2 is 2.12 bits per heavy atom. The van der Waals surface area contributed by atoms with Crippen LogP contribution in [-0.4, -0.2) is 41.3 Å². The van der Waals surface area contributed by atoms with E-state index in [1.807, 2.05) is 12.1 Å². The Hall–Kier alpha value is -2.11. The maximum absolute atomic E-state index is 9.70. The molecule has 2 heterocycles. The number of benzene rings is 1. The summed E-state index contributed by atoms with van der Waals surface area (Å²) in [5.41, 5.74) is 10.2. The van der Waals surface area contributed by atoms with Crippen molar-refractivity contribution in [2.75, 3.05) is 26.0 Å². The van der Waals surface area contributed by atoms with Gasteiger partial charge < -0.3 is 15.6 Å². The first-order valence-corrected chi connectivity index (χ1v) is 9.43. The van der Waals surface area contributed by atoms with Gasteiger partial charge in [-0.25, -0.2) is 4.98 Å². The van der Waals surface area contributed by atoms with Crippen LogP contribution in [-0.2, 0) is 13.0 Å². The molecule has 3 N–H and O–H groups in total. The number of hydrogen-bond acceptors (Lipinski definition) is 5. The fraction of sp³-hybridized carbons (Fsp3) is 0.476. The molecule has 2 aromatic rings. The fourth-order valence-electron chi connectivity index (χ4n) is 3.81. The number of aliphatic hydroxyl groups is 1. The molecule has 140 valence electrons. The van der Waals surface area contributed by atoms with E-state index in [1.54, 1.807) is 13.2 Å². The molecule has 1 aliphatic heterocycles. The second-order valence-electron chi connectivity index (χ2n) is 6.93. The van der Waals surface area contributed by atoms with Crippen molar-refractivity contribution in [1.82, 2.24) is 9.88 Å². The molecule has 5 heteroatoms. The standard InChI is InChI=1S/C21H29N3O2/c1-3-15-11-18(19-8-6-9-21(22)23-19)20(26-2)12-16(15)13-24-10-5-4-7-17(24)14-25/h6,8-9,11-12,17,25H,3-5,7,10,13-14H2,1-2H3,(H2,22,23). The lowest BCUT2D eigenvalue weighted by atomic mass is 9.96. The van der Waals surface area contributed by atoms with Crippen LogP contribution in [0.3, 0.4) is 0 Å². The molecule has 1 aromatic heterocycles. The van der Waals surface area contributed by atoms with Crippen LogP contribution < -0.4 is 10.5 Å². The van der Waals surface area contributed by atoms with E-state index >= 15 is 0 Å². The second-order valence-corrected chi connectivity index (χ2v) is 6.93. The normalized spacial score (nSPS) is 18.0. The van der Waals surface area contributed by atoms with E-state index in [2.05, 4.69) is 28.9 Å². The molecule has 0 bridgehead atoms. The van der Waals surface area contributed by atoms with Crippen molar-refractivity contribution in [3.63, 3.8) is 0 Å². The highest BCUT2D eigenvalue weighted by Gasteiger charge is 2.23. The van der Waals surface area contributed by atoms with E-state index in [0.29, 0.717) is 5.82 Å². The Morgan fingerprint density at radius 3 is 2.81 bits per heavy atom. The van der Waals surface area contributed by atoms with Crippen LogP contribution in [0.1, 0.15) is 37.3 Å². The number of aryl methyl sites for hydroxylation is 1. The van der Waals surface area contributed by atoms with Crippen LogP contribution in [0.5, 0.6) is 5.75 Å². The van der Waals surface area contributed by atoms with Crippen molar-refractivity contribution >= 4 is 5.82 Å². The number of pyridine rings is 1. The summed E-state index contributed by atoms with van der Waals surface area (Å²) in [6, 6.07) is 10.2. The molecule has 0 saturated carbocycles. The Kier molecular flexibility index (Phi) is 6.12. The Balaban J connectivity index is 1.96. The average Bonchev–Trinajstić information content (AvgIpc) is 2.68. The quantitative estimate of drug-likeness (QED) is 0.832. The number of ether oxygens (including phenoxy) is 1. The van der Waals surface area contributed by atoms with Crippen LogP contribution >= 0.6 is 0 Å². The number of methoxy groups -OCH3 is 1. The Bertz CT molecular complexity index is 748. The number of hydrogen-bond donors (Lipinski definition) is 2. The fourth-order valence-corrected chi connectivity index (χ4v) is 3.81. The predicted octanol–water partition coefficient (Wildman–Crippen LogP) is 3.25. The summed E-state index contributed by atoms with van der Waals surface area (Å²) in [5.74, 6) is 1.32. The lowest BCUT2D eigenvalue weighted by Gasteiger charge is -2.35. The van der Waals surface area contributed by atoms with Gasteiger partial charge in [-0.1, -0.05) is 19.4 Å². The van der Waals surface area contributed by atoms with E-state index in [0.717, 1.165) is 42.9 Å². The van der Waals surface area contributed by atoms with Gasteiger partial charge in [0.1, 0.15) is 11.6 Å². The second kappa shape index (κ2) is 8.52. The Labute approximate surface area is 155 Å². The van der Waals surface area contributed by atoms with Gasteiger partial charge in [-0.15, -0.1) is 0 Å². The average molecular weight is 355 g/mol. The van der Waals surface area contributed by atoms with Crippen molar-refractivity contribution in [3.05, 3.63) is 41.5 Å². The zero-order valence-electron chi connectivity index (χ0n) is 15.7. The van der Waals surface area contributed by atoms with Gasteiger partial charge in [0.05, 0.1) is 19.4 Å². The summed E-state index contributed by atoms with van der Waals surface area (Å²) in [5, 5.41) is 9.70. The van der Waals surface area contributed by atoms with Gasteiger partial charge in [-0.3, -0.25) is 4.90 Å².